The van der Waals surface area contributed by atoms with Crippen molar-refractivity contribution in [2.75, 3.05) is 5.73 Å². The van der Waals surface area contributed by atoms with E-state index in [-0.39, 0.29) is 6.54 Å². The number of aryl methyl sites for hydroxylation is 1. The fourth-order valence-electron chi connectivity index (χ4n) is 4.60. The van der Waals surface area contributed by atoms with Gasteiger partial charge < -0.3 is 10.5 Å². The quantitative estimate of drug-likeness (QED) is 0.348. The number of amides is 1. The first kappa shape index (κ1) is 25.9. The molecular formula is C28H28ClF3N2O2. The highest BCUT2D eigenvalue weighted by Crippen LogP contribution is 2.40. The third-order valence-corrected chi connectivity index (χ3v) is 6.89. The van der Waals surface area contributed by atoms with Gasteiger partial charge in [-0.2, -0.15) is 13.2 Å². The van der Waals surface area contributed by atoms with Crippen LogP contribution in [-0.2, 0) is 17.5 Å². The van der Waals surface area contributed by atoms with Crippen LogP contribution < -0.4 is 5.73 Å². The van der Waals surface area contributed by atoms with Gasteiger partial charge in [-0.1, -0.05) is 49.2 Å². The average Bonchev–Trinajstić information content (AvgIpc) is 3.07. The summed E-state index contributed by atoms with van der Waals surface area (Å²) in [5.41, 5.74) is 10.1. The standard InChI is InChI=1S/C28H28ClF3N2O2/c1-15(2)18-5-8-25(29)24(13-18)23-7-6-22(33)12-20(23)14-34-17(4)26(36-27(34)35)19-9-16(3)10-21(11-19)28(30,31)32/h5-13,15,17,26H,14,33H2,1-4H3/t17-,26-/m0/s1. The molecule has 1 aliphatic rings. The summed E-state index contributed by atoms with van der Waals surface area (Å²) < 4.78 is 45.7. The number of benzene rings is 3. The first-order chi connectivity index (χ1) is 16.8. The van der Waals surface area contributed by atoms with Crippen molar-refractivity contribution in [1.82, 2.24) is 4.90 Å². The van der Waals surface area contributed by atoms with Crippen molar-refractivity contribution < 1.29 is 22.7 Å². The Kier molecular flexibility index (Phi) is 6.97. The van der Waals surface area contributed by atoms with Crippen molar-refractivity contribution >= 4 is 23.4 Å². The van der Waals surface area contributed by atoms with Gasteiger partial charge in [0, 0.05) is 16.3 Å². The molecule has 1 amide bonds. The zero-order chi connectivity index (χ0) is 26.4. The molecule has 0 radical (unpaired) electrons. The van der Waals surface area contributed by atoms with E-state index < -0.39 is 30.0 Å². The van der Waals surface area contributed by atoms with Crippen LogP contribution in [0.15, 0.2) is 54.6 Å². The fraction of sp³-hybridized carbons (Fsp3) is 0.321. The molecule has 1 saturated heterocycles. The second kappa shape index (κ2) is 9.69. The minimum absolute atomic E-state index is 0.164. The number of carbonyl (C=O) groups is 1. The van der Waals surface area contributed by atoms with Crippen molar-refractivity contribution in [3.05, 3.63) is 87.4 Å². The summed E-state index contributed by atoms with van der Waals surface area (Å²) in [6, 6.07) is 14.5. The Labute approximate surface area is 213 Å². The molecule has 0 aromatic heterocycles. The third-order valence-electron chi connectivity index (χ3n) is 6.56. The van der Waals surface area contributed by atoms with Gasteiger partial charge in [-0.15, -0.1) is 0 Å². The number of halogens is 4. The van der Waals surface area contributed by atoms with Crippen LogP contribution in [0.2, 0.25) is 5.02 Å². The van der Waals surface area contributed by atoms with Crippen LogP contribution in [0.3, 0.4) is 0 Å². The number of carbonyl (C=O) groups excluding carboxylic acids is 1. The molecule has 36 heavy (non-hydrogen) atoms. The molecule has 2 N–H and O–H groups in total. The largest absolute Gasteiger partial charge is 0.439 e. The zero-order valence-corrected chi connectivity index (χ0v) is 21.2. The van der Waals surface area contributed by atoms with E-state index in [0.717, 1.165) is 34.4 Å². The summed E-state index contributed by atoms with van der Waals surface area (Å²) in [7, 11) is 0. The molecule has 0 aliphatic carbocycles. The molecule has 0 bridgehead atoms. The Bertz CT molecular complexity index is 1310. The molecule has 4 nitrogen and oxygen atoms in total. The molecule has 3 aromatic carbocycles. The number of alkyl halides is 3. The monoisotopic (exact) mass is 516 g/mol. The first-order valence-corrected chi connectivity index (χ1v) is 12.1. The number of nitrogens with zero attached hydrogens (tertiary/aromatic N) is 1. The van der Waals surface area contributed by atoms with Crippen LogP contribution >= 0.6 is 11.6 Å². The van der Waals surface area contributed by atoms with Gasteiger partial charge in [-0.25, -0.2) is 4.79 Å². The molecule has 1 fully saturated rings. The minimum atomic E-state index is -4.49. The number of cyclic esters (lactones) is 1. The normalized spacial score (nSPS) is 18.1. The summed E-state index contributed by atoms with van der Waals surface area (Å²) in [5.74, 6) is 0.295. The van der Waals surface area contributed by atoms with Gasteiger partial charge in [0.2, 0.25) is 0 Å². The predicted molar refractivity (Wildman–Crippen MR) is 136 cm³/mol. The Morgan fingerprint density at radius 3 is 2.44 bits per heavy atom. The number of hydrogen-bond donors (Lipinski definition) is 1. The molecule has 0 saturated carbocycles. The topological polar surface area (TPSA) is 55.6 Å². The molecule has 190 valence electrons. The smallest absolute Gasteiger partial charge is 0.416 e. The third kappa shape index (κ3) is 5.16. The fourth-order valence-corrected chi connectivity index (χ4v) is 4.82. The summed E-state index contributed by atoms with van der Waals surface area (Å²) in [5, 5.41) is 0.569. The lowest BCUT2D eigenvalue weighted by Gasteiger charge is -2.23. The maximum absolute atomic E-state index is 13.4. The lowest BCUT2D eigenvalue weighted by molar-refractivity contribution is -0.137. The van der Waals surface area contributed by atoms with Crippen molar-refractivity contribution in [2.24, 2.45) is 0 Å². The van der Waals surface area contributed by atoms with E-state index in [1.54, 1.807) is 32.0 Å². The lowest BCUT2D eigenvalue weighted by Crippen LogP contribution is -2.31. The van der Waals surface area contributed by atoms with Crippen LogP contribution in [0.1, 0.15) is 60.6 Å². The molecule has 4 rings (SSSR count). The highest BCUT2D eigenvalue weighted by molar-refractivity contribution is 6.33. The Hall–Kier alpha value is -3.19. The van der Waals surface area contributed by atoms with E-state index >= 15 is 0 Å². The van der Waals surface area contributed by atoms with Crippen LogP contribution in [0, 0.1) is 6.92 Å². The maximum atomic E-state index is 13.4. The molecule has 1 heterocycles. The Balaban J connectivity index is 1.69. The summed E-state index contributed by atoms with van der Waals surface area (Å²) in [4.78, 5) is 14.4. The van der Waals surface area contributed by atoms with E-state index in [1.807, 2.05) is 24.3 Å². The highest BCUT2D eigenvalue weighted by Gasteiger charge is 2.41. The van der Waals surface area contributed by atoms with Gasteiger partial charge in [-0.05, 0) is 78.4 Å². The molecule has 0 spiro atoms. The molecule has 2 atom stereocenters. The molecule has 1 aliphatic heterocycles. The van der Waals surface area contributed by atoms with E-state index in [0.29, 0.717) is 27.8 Å². The summed E-state index contributed by atoms with van der Waals surface area (Å²) in [6.45, 7) is 7.70. The molecular weight excluding hydrogens is 489 g/mol. The number of nitrogen functional groups attached to an aromatic ring is 1. The SMILES string of the molecule is Cc1cc([C@H]2OC(=O)N(Cc3cc(N)ccc3-c3cc(C(C)C)ccc3Cl)[C@H]2C)cc(C(F)(F)F)c1. The lowest BCUT2D eigenvalue weighted by atomic mass is 9.93. The first-order valence-electron chi connectivity index (χ1n) is 11.7. The second-order valence-corrected chi connectivity index (χ2v) is 10.0. The summed E-state index contributed by atoms with van der Waals surface area (Å²) in [6.07, 6.45) is -5.93. The van der Waals surface area contributed by atoms with E-state index in [9.17, 15) is 18.0 Å². The Morgan fingerprint density at radius 2 is 1.78 bits per heavy atom. The zero-order valence-electron chi connectivity index (χ0n) is 20.5. The van der Waals surface area contributed by atoms with Gasteiger partial charge in [0.15, 0.2) is 0 Å². The van der Waals surface area contributed by atoms with E-state index in [2.05, 4.69) is 13.8 Å². The van der Waals surface area contributed by atoms with Gasteiger partial charge in [0.05, 0.1) is 18.2 Å². The van der Waals surface area contributed by atoms with Crippen LogP contribution in [0.4, 0.5) is 23.7 Å². The maximum Gasteiger partial charge on any atom is 0.416 e. The molecule has 0 unspecified atom stereocenters. The van der Waals surface area contributed by atoms with Gasteiger partial charge in [-0.3, -0.25) is 4.90 Å². The van der Waals surface area contributed by atoms with E-state index in [4.69, 9.17) is 22.1 Å². The van der Waals surface area contributed by atoms with Crippen molar-refractivity contribution in [1.29, 1.82) is 0 Å². The van der Waals surface area contributed by atoms with Gasteiger partial charge in [0.25, 0.3) is 0 Å². The predicted octanol–water partition coefficient (Wildman–Crippen LogP) is 8.12. The number of anilines is 1. The minimum Gasteiger partial charge on any atom is -0.439 e. The number of rotatable bonds is 5. The van der Waals surface area contributed by atoms with Crippen molar-refractivity contribution in [3.63, 3.8) is 0 Å². The molecule has 3 aromatic rings. The van der Waals surface area contributed by atoms with Crippen molar-refractivity contribution in [2.45, 2.75) is 58.5 Å². The van der Waals surface area contributed by atoms with Crippen LogP contribution in [-0.4, -0.2) is 17.0 Å². The number of hydrogen-bond acceptors (Lipinski definition) is 3. The van der Waals surface area contributed by atoms with Crippen LogP contribution in [0.25, 0.3) is 11.1 Å². The molecule has 8 heteroatoms. The number of nitrogens with two attached hydrogens (primary N) is 1. The van der Waals surface area contributed by atoms with Gasteiger partial charge in [0.1, 0.15) is 6.10 Å². The van der Waals surface area contributed by atoms with Crippen molar-refractivity contribution in [3.8, 4) is 11.1 Å². The second-order valence-electron chi connectivity index (χ2n) is 9.61. The average molecular weight is 517 g/mol. The highest BCUT2D eigenvalue weighted by atomic mass is 35.5. The van der Waals surface area contributed by atoms with Crippen LogP contribution in [0.5, 0.6) is 0 Å². The Morgan fingerprint density at radius 1 is 1.06 bits per heavy atom. The summed E-state index contributed by atoms with van der Waals surface area (Å²) >= 11 is 6.56. The number of ether oxygens (including phenoxy) is 1. The van der Waals surface area contributed by atoms with Gasteiger partial charge >= 0.3 is 12.3 Å². The van der Waals surface area contributed by atoms with E-state index in [1.165, 1.54) is 4.90 Å².